The molecule has 0 spiro atoms. The van der Waals surface area contributed by atoms with E-state index in [0.717, 1.165) is 26.3 Å². The molecule has 2 heterocycles. The molecule has 0 aliphatic rings. The Morgan fingerprint density at radius 1 is 1.07 bits per heavy atom. The van der Waals surface area contributed by atoms with E-state index in [0.29, 0.717) is 5.56 Å². The average molecular weight is 451 g/mol. The third kappa shape index (κ3) is 4.11. The van der Waals surface area contributed by atoms with E-state index in [9.17, 15) is 4.79 Å². The summed E-state index contributed by atoms with van der Waals surface area (Å²) in [6, 6.07) is 21.0. The Hall–Kier alpha value is -3.03. The molecule has 0 unspecified atom stereocenters. The molecule has 1 amide bonds. The Labute approximate surface area is 174 Å². The number of halogens is 1. The van der Waals surface area contributed by atoms with Gasteiger partial charge in [-0.25, -0.2) is 10.1 Å². The van der Waals surface area contributed by atoms with Crippen LogP contribution in [0.2, 0.25) is 0 Å². The second-order valence-corrected chi connectivity index (χ2v) is 7.76. The molecule has 0 aliphatic heterocycles. The van der Waals surface area contributed by atoms with Gasteiger partial charge >= 0.3 is 0 Å². The first-order valence-electron chi connectivity index (χ1n) is 8.48. The van der Waals surface area contributed by atoms with Crippen molar-refractivity contribution in [2.75, 3.05) is 0 Å². The molecule has 28 heavy (non-hydrogen) atoms. The summed E-state index contributed by atoms with van der Waals surface area (Å²) >= 11 is 4.96. The van der Waals surface area contributed by atoms with Crippen LogP contribution in [-0.2, 0) is 0 Å². The topological polar surface area (TPSA) is 59.3 Å². The highest BCUT2D eigenvalue weighted by atomic mass is 79.9. The molecule has 2 aromatic heterocycles. The molecule has 0 bridgehead atoms. The van der Waals surface area contributed by atoms with Gasteiger partial charge in [0.05, 0.1) is 16.8 Å². The number of carbonyl (C=O) groups is 1. The first kappa shape index (κ1) is 18.3. The van der Waals surface area contributed by atoms with Crippen LogP contribution in [0.15, 0.2) is 87.9 Å². The molecule has 0 saturated heterocycles. The number of para-hydroxylation sites is 1. The highest BCUT2D eigenvalue weighted by Gasteiger charge is 2.12. The minimum absolute atomic E-state index is 0.267. The summed E-state index contributed by atoms with van der Waals surface area (Å²) in [5.74, 6) is -0.267. The van der Waals surface area contributed by atoms with Gasteiger partial charge < -0.3 is 0 Å². The quantitative estimate of drug-likeness (QED) is 0.338. The highest BCUT2D eigenvalue weighted by molar-refractivity contribution is 9.10. The fourth-order valence-corrected chi connectivity index (χ4v) is 3.62. The van der Waals surface area contributed by atoms with Crippen LogP contribution >= 0.6 is 27.3 Å². The minimum Gasteiger partial charge on any atom is -0.267 e. The number of nitrogens with one attached hydrogen (secondary N) is 1. The number of carbonyl (C=O) groups excluding carboxylic acids is 1. The molecule has 0 saturated carbocycles. The van der Waals surface area contributed by atoms with E-state index in [2.05, 4.69) is 26.5 Å². The average Bonchev–Trinajstić information content (AvgIpc) is 3.39. The lowest BCUT2D eigenvalue weighted by atomic mass is 10.2. The highest BCUT2D eigenvalue weighted by Crippen LogP contribution is 2.26. The first-order chi connectivity index (χ1) is 13.7. The molecule has 2 aromatic carbocycles. The van der Waals surface area contributed by atoms with Crippen LogP contribution in [0.25, 0.3) is 16.3 Å². The van der Waals surface area contributed by atoms with Crippen molar-refractivity contribution < 1.29 is 4.79 Å². The molecule has 0 atom stereocenters. The summed E-state index contributed by atoms with van der Waals surface area (Å²) in [5.41, 5.74) is 5.71. The standard InChI is InChI=1S/C21H15BrN4OS/c22-17-10-8-15(9-11-17)21(27)24-23-13-16-14-26(18-5-2-1-3-6-18)25-20(16)19-7-4-12-28-19/h1-14H,(H,24,27)/b23-13-. The molecule has 5 nitrogen and oxygen atoms in total. The lowest BCUT2D eigenvalue weighted by molar-refractivity contribution is 0.0955. The predicted molar refractivity (Wildman–Crippen MR) is 116 cm³/mol. The van der Waals surface area contributed by atoms with Gasteiger partial charge in [0.2, 0.25) is 0 Å². The maximum absolute atomic E-state index is 12.2. The molecular weight excluding hydrogens is 436 g/mol. The van der Waals surface area contributed by atoms with Crippen LogP contribution in [0.3, 0.4) is 0 Å². The van der Waals surface area contributed by atoms with E-state index in [1.54, 1.807) is 29.7 Å². The third-order valence-electron chi connectivity index (χ3n) is 3.99. The molecule has 7 heteroatoms. The van der Waals surface area contributed by atoms with Gasteiger partial charge in [0.25, 0.3) is 5.91 Å². The van der Waals surface area contributed by atoms with Crippen molar-refractivity contribution in [1.82, 2.24) is 15.2 Å². The molecule has 0 radical (unpaired) electrons. The van der Waals surface area contributed by atoms with Crippen molar-refractivity contribution in [2.45, 2.75) is 0 Å². The lowest BCUT2D eigenvalue weighted by Gasteiger charge is -1.99. The zero-order valence-corrected chi connectivity index (χ0v) is 17.0. The fourth-order valence-electron chi connectivity index (χ4n) is 2.63. The van der Waals surface area contributed by atoms with E-state index >= 15 is 0 Å². The number of thiophene rings is 1. The van der Waals surface area contributed by atoms with Crippen LogP contribution in [0.1, 0.15) is 15.9 Å². The summed E-state index contributed by atoms with van der Waals surface area (Å²) in [6.07, 6.45) is 3.53. The zero-order valence-electron chi connectivity index (χ0n) is 14.6. The number of amides is 1. The van der Waals surface area contributed by atoms with E-state index in [1.165, 1.54) is 0 Å². The van der Waals surface area contributed by atoms with E-state index in [-0.39, 0.29) is 5.91 Å². The second-order valence-electron chi connectivity index (χ2n) is 5.90. The minimum atomic E-state index is -0.267. The maximum atomic E-state index is 12.2. The Morgan fingerprint density at radius 2 is 1.86 bits per heavy atom. The van der Waals surface area contributed by atoms with Gasteiger partial charge in [-0.15, -0.1) is 11.3 Å². The summed E-state index contributed by atoms with van der Waals surface area (Å²) in [6.45, 7) is 0. The number of rotatable bonds is 5. The van der Waals surface area contributed by atoms with Gasteiger partial charge in [-0.1, -0.05) is 40.2 Å². The molecule has 4 rings (SSSR count). The zero-order chi connectivity index (χ0) is 19.3. The number of hydrogen-bond acceptors (Lipinski definition) is 4. The maximum Gasteiger partial charge on any atom is 0.271 e. The van der Waals surface area contributed by atoms with Gasteiger partial charge in [-0.3, -0.25) is 4.79 Å². The first-order valence-corrected chi connectivity index (χ1v) is 10.2. The van der Waals surface area contributed by atoms with Gasteiger partial charge in [0, 0.05) is 21.8 Å². The summed E-state index contributed by atoms with van der Waals surface area (Å²) < 4.78 is 2.73. The van der Waals surface area contributed by atoms with Gasteiger partial charge in [0.1, 0.15) is 5.69 Å². The van der Waals surface area contributed by atoms with E-state index in [1.807, 2.05) is 70.9 Å². The third-order valence-corrected chi connectivity index (χ3v) is 5.40. The fraction of sp³-hybridized carbons (Fsp3) is 0. The molecule has 138 valence electrons. The Morgan fingerprint density at radius 3 is 2.57 bits per heavy atom. The van der Waals surface area contributed by atoms with E-state index < -0.39 is 0 Å². The smallest absolute Gasteiger partial charge is 0.267 e. The van der Waals surface area contributed by atoms with Crippen molar-refractivity contribution in [3.63, 3.8) is 0 Å². The van der Waals surface area contributed by atoms with Crippen LogP contribution in [0.5, 0.6) is 0 Å². The monoisotopic (exact) mass is 450 g/mol. The van der Waals surface area contributed by atoms with Gasteiger partial charge in [-0.05, 0) is 47.8 Å². The Bertz CT molecular complexity index is 1100. The summed E-state index contributed by atoms with van der Waals surface area (Å²) in [4.78, 5) is 13.3. The number of hydrazone groups is 1. The number of hydrogen-bond donors (Lipinski definition) is 1. The number of nitrogens with zero attached hydrogens (tertiary/aromatic N) is 3. The number of aromatic nitrogens is 2. The van der Waals surface area contributed by atoms with Crippen molar-refractivity contribution in [3.05, 3.63) is 93.9 Å². The van der Waals surface area contributed by atoms with Crippen LogP contribution < -0.4 is 5.43 Å². The second kappa shape index (κ2) is 8.33. The number of benzene rings is 2. The SMILES string of the molecule is O=C(N/N=C\c1cn(-c2ccccc2)nc1-c1cccs1)c1ccc(Br)cc1. The molecule has 0 aliphatic carbocycles. The molecule has 1 N–H and O–H groups in total. The van der Waals surface area contributed by atoms with Crippen molar-refractivity contribution in [3.8, 4) is 16.3 Å². The lowest BCUT2D eigenvalue weighted by Crippen LogP contribution is -2.17. The molecular formula is C21H15BrN4OS. The van der Waals surface area contributed by atoms with Crippen molar-refractivity contribution >= 4 is 39.4 Å². The Balaban J connectivity index is 1.59. The van der Waals surface area contributed by atoms with Crippen LogP contribution in [0, 0.1) is 0 Å². The van der Waals surface area contributed by atoms with E-state index in [4.69, 9.17) is 5.10 Å². The summed E-state index contributed by atoms with van der Waals surface area (Å²) in [5, 5.41) is 10.8. The Kier molecular flexibility index (Phi) is 5.45. The van der Waals surface area contributed by atoms with Crippen LogP contribution in [0.4, 0.5) is 0 Å². The van der Waals surface area contributed by atoms with Crippen LogP contribution in [-0.4, -0.2) is 21.9 Å². The summed E-state index contributed by atoms with van der Waals surface area (Å²) in [7, 11) is 0. The molecule has 4 aromatic rings. The normalized spacial score (nSPS) is 11.0. The largest absolute Gasteiger partial charge is 0.271 e. The van der Waals surface area contributed by atoms with Gasteiger partial charge in [-0.2, -0.15) is 10.2 Å². The van der Waals surface area contributed by atoms with Gasteiger partial charge in [0.15, 0.2) is 0 Å². The molecule has 0 fully saturated rings. The van der Waals surface area contributed by atoms with Crippen molar-refractivity contribution in [2.24, 2.45) is 5.10 Å². The predicted octanol–water partition coefficient (Wildman–Crippen LogP) is 5.13. The van der Waals surface area contributed by atoms with Crippen molar-refractivity contribution in [1.29, 1.82) is 0 Å².